The van der Waals surface area contributed by atoms with Crippen molar-refractivity contribution in [1.82, 2.24) is 14.1 Å². The van der Waals surface area contributed by atoms with E-state index in [4.69, 9.17) is 0 Å². The third-order valence-electron chi connectivity index (χ3n) is 3.86. The lowest BCUT2D eigenvalue weighted by Crippen LogP contribution is -2.73. The third-order valence-corrected chi connectivity index (χ3v) is 8.81. The van der Waals surface area contributed by atoms with Crippen LogP contribution in [0.15, 0.2) is 23.9 Å². The Morgan fingerprint density at radius 3 is 2.00 bits per heavy atom. The molecule has 0 bridgehead atoms. The van der Waals surface area contributed by atoms with Crippen LogP contribution in [0.25, 0.3) is 0 Å². The lowest BCUT2D eigenvalue weighted by atomic mass is 10.4. The van der Waals surface area contributed by atoms with E-state index in [1.165, 1.54) is 5.70 Å². The van der Waals surface area contributed by atoms with Crippen molar-refractivity contribution >= 4 is 8.56 Å². The molecule has 18 heavy (non-hydrogen) atoms. The topological polar surface area (TPSA) is 18.5 Å². The molecule has 0 aromatic rings. The van der Waals surface area contributed by atoms with Crippen molar-refractivity contribution < 1.29 is 0 Å². The van der Waals surface area contributed by atoms with Gasteiger partial charge in [-0.3, -0.25) is 9.13 Å². The number of hydrogen-bond acceptors (Lipinski definition) is 3. The predicted octanol–water partition coefficient (Wildman–Crippen LogP) is 2.67. The molecule has 3 nitrogen and oxygen atoms in total. The predicted molar refractivity (Wildman–Crippen MR) is 82.4 cm³/mol. The van der Waals surface area contributed by atoms with Crippen LogP contribution in [0.1, 0.15) is 34.6 Å². The van der Waals surface area contributed by atoms with E-state index in [0.717, 1.165) is 32.2 Å². The van der Waals surface area contributed by atoms with Gasteiger partial charge in [-0.2, -0.15) is 0 Å². The van der Waals surface area contributed by atoms with Crippen LogP contribution in [-0.4, -0.2) is 43.9 Å². The fraction of sp³-hybridized carbons (Fsp3) is 0.714. The molecule has 1 rings (SSSR count). The number of rotatable bonds is 6. The molecule has 1 N–H and O–H groups in total. The average Bonchev–Trinajstić information content (AvgIpc) is 2.55. The summed E-state index contributed by atoms with van der Waals surface area (Å²) < 4.78 is 5.32. The summed E-state index contributed by atoms with van der Waals surface area (Å²) >= 11 is 0. The normalized spacial score (nSPS) is 18.7. The first-order valence-corrected chi connectivity index (χ1v) is 9.36. The highest BCUT2D eigenvalue weighted by molar-refractivity contribution is 6.73. The highest BCUT2D eigenvalue weighted by atomic mass is 28.4. The molecule has 104 valence electrons. The van der Waals surface area contributed by atoms with Gasteiger partial charge < -0.3 is 4.98 Å². The monoisotopic (exact) mass is 267 g/mol. The lowest BCUT2D eigenvalue weighted by molar-refractivity contribution is 0.342. The van der Waals surface area contributed by atoms with Gasteiger partial charge in [0, 0.05) is 11.7 Å². The molecule has 1 aliphatic rings. The summed E-state index contributed by atoms with van der Waals surface area (Å²) in [6, 6.07) is 1.16. The van der Waals surface area contributed by atoms with Crippen molar-refractivity contribution in [2.75, 3.05) is 26.2 Å². The number of nitrogens with zero attached hydrogens (tertiary/aromatic N) is 2. The van der Waals surface area contributed by atoms with Gasteiger partial charge in [-0.05, 0) is 39.2 Å². The van der Waals surface area contributed by atoms with Crippen molar-refractivity contribution in [3.05, 3.63) is 23.9 Å². The highest BCUT2D eigenvalue weighted by Gasteiger charge is 2.44. The Hall–Kier alpha value is -0.583. The zero-order chi connectivity index (χ0) is 13.6. The second-order valence-electron chi connectivity index (χ2n) is 4.77. The van der Waals surface area contributed by atoms with Gasteiger partial charge in [0.1, 0.15) is 0 Å². The Morgan fingerprint density at radius 1 is 1.06 bits per heavy atom. The molecule has 0 amide bonds. The van der Waals surface area contributed by atoms with Crippen LogP contribution in [0, 0.1) is 0 Å². The molecule has 0 aromatic heterocycles. The molecule has 0 aliphatic carbocycles. The van der Waals surface area contributed by atoms with E-state index >= 15 is 0 Å². The van der Waals surface area contributed by atoms with Crippen molar-refractivity contribution in [2.45, 2.75) is 40.7 Å². The highest BCUT2D eigenvalue weighted by Crippen LogP contribution is 2.22. The van der Waals surface area contributed by atoms with Crippen molar-refractivity contribution in [3.63, 3.8) is 0 Å². The maximum absolute atomic E-state index is 3.89. The standard InChI is InChI=1S/C14H29N3Si/c1-6-16(7-2)18(17(8-3)9-4)13-11-10-12-14(5)15-18/h10-12,15H,6-9,13H2,1-5H3. The Balaban J connectivity index is 3.14. The molecule has 0 unspecified atom stereocenters. The van der Waals surface area contributed by atoms with Crippen LogP contribution in [0.3, 0.4) is 0 Å². The summed E-state index contributed by atoms with van der Waals surface area (Å²) in [4.78, 5) is 3.89. The van der Waals surface area contributed by atoms with E-state index in [9.17, 15) is 0 Å². The van der Waals surface area contributed by atoms with E-state index in [1.807, 2.05) is 0 Å². The van der Waals surface area contributed by atoms with E-state index in [0.29, 0.717) is 0 Å². The van der Waals surface area contributed by atoms with Gasteiger partial charge in [0.25, 0.3) is 0 Å². The largest absolute Gasteiger partial charge is 0.390 e. The first kappa shape index (κ1) is 15.5. The first-order valence-electron chi connectivity index (χ1n) is 7.26. The third kappa shape index (κ3) is 3.05. The van der Waals surface area contributed by atoms with Gasteiger partial charge >= 0.3 is 8.56 Å². The molecule has 4 heteroatoms. The molecule has 0 atom stereocenters. The second-order valence-corrected chi connectivity index (χ2v) is 8.32. The Kier molecular flexibility index (Phi) is 6.12. The molecule has 0 radical (unpaired) electrons. The zero-order valence-corrected chi connectivity index (χ0v) is 13.7. The zero-order valence-electron chi connectivity index (χ0n) is 12.7. The molecule has 0 aromatic carbocycles. The molecule has 0 saturated carbocycles. The van der Waals surface area contributed by atoms with Crippen LogP contribution in [0.2, 0.25) is 6.04 Å². The van der Waals surface area contributed by atoms with E-state index < -0.39 is 8.56 Å². The van der Waals surface area contributed by atoms with Crippen molar-refractivity contribution in [2.24, 2.45) is 0 Å². The fourth-order valence-corrected chi connectivity index (χ4v) is 7.57. The Morgan fingerprint density at radius 2 is 1.56 bits per heavy atom. The number of allylic oxidation sites excluding steroid dienone is 4. The molecule has 0 spiro atoms. The molecule has 1 heterocycles. The summed E-state index contributed by atoms with van der Waals surface area (Å²) in [5.41, 5.74) is 1.30. The van der Waals surface area contributed by atoms with Gasteiger partial charge in [0.05, 0.1) is 0 Å². The minimum absolute atomic E-state index is 1.12. The van der Waals surface area contributed by atoms with Gasteiger partial charge in [-0.25, -0.2) is 0 Å². The number of nitrogens with one attached hydrogen (secondary N) is 1. The first-order chi connectivity index (χ1) is 8.64. The molecule has 0 saturated heterocycles. The summed E-state index contributed by atoms with van der Waals surface area (Å²) in [6.45, 7) is 15.8. The Bertz CT molecular complexity index is 292. The van der Waals surface area contributed by atoms with Crippen molar-refractivity contribution in [1.29, 1.82) is 0 Å². The molecule has 1 aliphatic heterocycles. The van der Waals surface area contributed by atoms with E-state index in [2.05, 4.69) is 67.0 Å². The summed E-state index contributed by atoms with van der Waals surface area (Å²) in [6.07, 6.45) is 6.73. The fourth-order valence-electron chi connectivity index (χ4n) is 2.96. The molecular weight excluding hydrogens is 238 g/mol. The van der Waals surface area contributed by atoms with Crippen LogP contribution in [0.5, 0.6) is 0 Å². The van der Waals surface area contributed by atoms with Gasteiger partial charge in [-0.1, -0.05) is 39.8 Å². The Labute approximate surface area is 114 Å². The van der Waals surface area contributed by atoms with E-state index in [1.54, 1.807) is 0 Å². The lowest BCUT2D eigenvalue weighted by Gasteiger charge is -2.47. The SMILES string of the molecule is CCN(CC)[Si]1(N(CC)CC)CC=CC=C(C)N1. The van der Waals surface area contributed by atoms with Crippen LogP contribution in [-0.2, 0) is 0 Å². The van der Waals surface area contributed by atoms with Gasteiger partial charge in [0.2, 0.25) is 0 Å². The number of hydrogen-bond donors (Lipinski definition) is 1. The summed E-state index contributed by atoms with van der Waals surface area (Å²) in [5, 5.41) is 0. The van der Waals surface area contributed by atoms with Crippen LogP contribution in [0.4, 0.5) is 0 Å². The minimum atomic E-state index is -1.79. The van der Waals surface area contributed by atoms with Crippen LogP contribution < -0.4 is 4.98 Å². The quantitative estimate of drug-likeness (QED) is 0.747. The maximum atomic E-state index is 3.89. The average molecular weight is 267 g/mol. The van der Waals surface area contributed by atoms with Crippen LogP contribution >= 0.6 is 0 Å². The molecular formula is C14H29N3Si. The van der Waals surface area contributed by atoms with Gasteiger partial charge in [0.15, 0.2) is 0 Å². The van der Waals surface area contributed by atoms with E-state index in [-0.39, 0.29) is 0 Å². The smallest absolute Gasteiger partial charge is 0.320 e. The minimum Gasteiger partial charge on any atom is -0.390 e. The van der Waals surface area contributed by atoms with Crippen molar-refractivity contribution in [3.8, 4) is 0 Å². The second kappa shape index (κ2) is 7.12. The molecule has 0 fully saturated rings. The maximum Gasteiger partial charge on any atom is 0.320 e. The summed E-state index contributed by atoms with van der Waals surface area (Å²) in [7, 11) is -1.79. The van der Waals surface area contributed by atoms with Gasteiger partial charge in [-0.15, -0.1) is 0 Å². The summed E-state index contributed by atoms with van der Waals surface area (Å²) in [5.74, 6) is 0.